The second kappa shape index (κ2) is 8.68. The van der Waals surface area contributed by atoms with E-state index in [1.165, 1.54) is 0 Å². The van der Waals surface area contributed by atoms with Gasteiger partial charge in [-0.05, 0) is 18.1 Å². The average Bonchev–Trinajstić information content (AvgIpc) is 3.03. The Morgan fingerprint density at radius 3 is 2.67 bits per heavy atom. The van der Waals surface area contributed by atoms with E-state index in [1.807, 2.05) is 24.3 Å². The van der Waals surface area contributed by atoms with Crippen LogP contribution < -0.4 is 10.1 Å². The number of amides is 2. The molecule has 24 heavy (non-hydrogen) atoms. The maximum atomic E-state index is 12.5. The third-order valence-corrected chi connectivity index (χ3v) is 4.56. The Morgan fingerprint density at radius 1 is 1.25 bits per heavy atom. The van der Waals surface area contributed by atoms with Gasteiger partial charge in [-0.25, -0.2) is 0 Å². The third-order valence-electron chi connectivity index (χ3n) is 4.56. The van der Waals surface area contributed by atoms with Crippen LogP contribution in [0.3, 0.4) is 0 Å². The third kappa shape index (κ3) is 4.26. The molecule has 0 spiro atoms. The second-order valence-corrected chi connectivity index (χ2v) is 6.05. The van der Waals surface area contributed by atoms with Gasteiger partial charge in [0.1, 0.15) is 5.75 Å². The van der Waals surface area contributed by atoms with E-state index in [0.29, 0.717) is 32.5 Å². The molecule has 1 saturated heterocycles. The first-order valence-electron chi connectivity index (χ1n) is 8.20. The van der Waals surface area contributed by atoms with E-state index in [4.69, 9.17) is 9.47 Å². The van der Waals surface area contributed by atoms with E-state index in [1.54, 1.807) is 26.2 Å². The molecule has 0 aromatic heterocycles. The minimum atomic E-state index is -0.204. The number of likely N-dealkylation sites (tertiary alicyclic amines) is 1. The molecule has 0 saturated carbocycles. The molecule has 1 N–H and O–H groups in total. The summed E-state index contributed by atoms with van der Waals surface area (Å²) in [5.74, 6) is 0.674. The van der Waals surface area contributed by atoms with Crippen LogP contribution in [0, 0.1) is 11.8 Å². The molecule has 1 aromatic carbocycles. The molecule has 0 bridgehead atoms. The van der Waals surface area contributed by atoms with Gasteiger partial charge in [0.05, 0.1) is 19.6 Å². The van der Waals surface area contributed by atoms with Crippen LogP contribution in [0.2, 0.25) is 0 Å². The molecular formula is C18H26N2O4. The van der Waals surface area contributed by atoms with Gasteiger partial charge in [-0.3, -0.25) is 9.59 Å². The van der Waals surface area contributed by atoms with Crippen molar-refractivity contribution in [3.05, 3.63) is 29.8 Å². The standard InChI is InChI=1S/C18H26N2O4/c1-19-18(22)15-11-20(10-14(15)12-23-2)17(21)9-8-13-6-4-5-7-16(13)24-3/h4-7,14-15H,8-12H2,1-3H3,(H,19,22)/t14-,15+/m0/s1. The number of methoxy groups -OCH3 is 2. The van der Waals surface area contributed by atoms with Crippen molar-refractivity contribution >= 4 is 11.8 Å². The van der Waals surface area contributed by atoms with Crippen LogP contribution >= 0.6 is 0 Å². The molecule has 2 amide bonds. The maximum absolute atomic E-state index is 12.5. The van der Waals surface area contributed by atoms with Gasteiger partial charge in [-0.15, -0.1) is 0 Å². The fourth-order valence-corrected chi connectivity index (χ4v) is 3.25. The zero-order valence-electron chi connectivity index (χ0n) is 14.6. The van der Waals surface area contributed by atoms with Gasteiger partial charge in [0, 0.05) is 39.6 Å². The molecule has 1 aliphatic heterocycles. The summed E-state index contributed by atoms with van der Waals surface area (Å²) in [6, 6.07) is 7.71. The van der Waals surface area contributed by atoms with E-state index in [9.17, 15) is 9.59 Å². The Balaban J connectivity index is 1.96. The average molecular weight is 334 g/mol. The minimum absolute atomic E-state index is 0.0305. The normalized spacial score (nSPS) is 20.0. The van der Waals surface area contributed by atoms with Crippen molar-refractivity contribution in [1.82, 2.24) is 10.2 Å². The van der Waals surface area contributed by atoms with Crippen LogP contribution in [0.4, 0.5) is 0 Å². The highest BCUT2D eigenvalue weighted by molar-refractivity contribution is 5.82. The van der Waals surface area contributed by atoms with Gasteiger partial charge in [0.15, 0.2) is 0 Å². The summed E-state index contributed by atoms with van der Waals surface area (Å²) in [4.78, 5) is 26.3. The number of aryl methyl sites for hydroxylation is 1. The molecule has 2 atom stereocenters. The summed E-state index contributed by atoms with van der Waals surface area (Å²) in [7, 11) is 4.87. The van der Waals surface area contributed by atoms with E-state index >= 15 is 0 Å². The number of hydrogen-bond acceptors (Lipinski definition) is 4. The summed E-state index contributed by atoms with van der Waals surface area (Å²) < 4.78 is 10.5. The summed E-state index contributed by atoms with van der Waals surface area (Å²) in [6.07, 6.45) is 1.03. The molecule has 0 aliphatic carbocycles. The first-order valence-corrected chi connectivity index (χ1v) is 8.20. The molecule has 1 heterocycles. The number of nitrogens with one attached hydrogen (secondary N) is 1. The SMILES string of the molecule is CNC(=O)[C@@H]1CN(C(=O)CCc2ccccc2OC)C[C@H]1COC. The predicted molar refractivity (Wildman–Crippen MR) is 90.8 cm³/mol. The number of carbonyl (C=O) groups is 2. The topological polar surface area (TPSA) is 67.9 Å². The number of nitrogens with zero attached hydrogens (tertiary/aromatic N) is 1. The minimum Gasteiger partial charge on any atom is -0.496 e. The smallest absolute Gasteiger partial charge is 0.225 e. The summed E-state index contributed by atoms with van der Waals surface area (Å²) >= 11 is 0. The fourth-order valence-electron chi connectivity index (χ4n) is 3.25. The van der Waals surface area contributed by atoms with Crippen LogP contribution in [0.15, 0.2) is 24.3 Å². The van der Waals surface area contributed by atoms with Crippen LogP contribution in [0.25, 0.3) is 0 Å². The van der Waals surface area contributed by atoms with E-state index in [-0.39, 0.29) is 23.7 Å². The van der Waals surface area contributed by atoms with Gasteiger partial charge in [0.25, 0.3) is 0 Å². The first kappa shape index (κ1) is 18.3. The van der Waals surface area contributed by atoms with E-state index in [0.717, 1.165) is 11.3 Å². The van der Waals surface area contributed by atoms with Gasteiger partial charge >= 0.3 is 0 Å². The predicted octanol–water partition coefficient (Wildman–Crippen LogP) is 1.09. The molecule has 6 nitrogen and oxygen atoms in total. The zero-order chi connectivity index (χ0) is 17.5. The molecule has 0 radical (unpaired) electrons. The van der Waals surface area contributed by atoms with Gasteiger partial charge in [0.2, 0.25) is 11.8 Å². The second-order valence-electron chi connectivity index (χ2n) is 6.05. The number of benzene rings is 1. The lowest BCUT2D eigenvalue weighted by Gasteiger charge is -2.16. The summed E-state index contributed by atoms with van der Waals surface area (Å²) in [5, 5.41) is 2.68. The van der Waals surface area contributed by atoms with Crippen molar-refractivity contribution in [3.8, 4) is 5.75 Å². The van der Waals surface area contributed by atoms with Gasteiger partial charge < -0.3 is 19.7 Å². The lowest BCUT2D eigenvalue weighted by Crippen LogP contribution is -2.34. The highest BCUT2D eigenvalue weighted by Gasteiger charge is 2.38. The highest BCUT2D eigenvalue weighted by atomic mass is 16.5. The molecular weight excluding hydrogens is 308 g/mol. The number of ether oxygens (including phenoxy) is 2. The van der Waals surface area contributed by atoms with Crippen LogP contribution in [0.5, 0.6) is 5.75 Å². The number of para-hydroxylation sites is 1. The van der Waals surface area contributed by atoms with Crippen LogP contribution in [-0.2, 0) is 20.7 Å². The first-order chi connectivity index (χ1) is 11.6. The van der Waals surface area contributed by atoms with Crippen LogP contribution in [0.1, 0.15) is 12.0 Å². The Labute approximate surface area is 143 Å². The van der Waals surface area contributed by atoms with Crippen molar-refractivity contribution in [2.45, 2.75) is 12.8 Å². The largest absolute Gasteiger partial charge is 0.496 e. The summed E-state index contributed by atoms with van der Waals surface area (Å²) in [6.45, 7) is 1.50. The lowest BCUT2D eigenvalue weighted by molar-refractivity contribution is -0.130. The zero-order valence-corrected chi connectivity index (χ0v) is 14.6. The van der Waals surface area contributed by atoms with Gasteiger partial charge in [-0.2, -0.15) is 0 Å². The van der Waals surface area contributed by atoms with E-state index in [2.05, 4.69) is 5.32 Å². The molecule has 1 aromatic rings. The Kier molecular flexibility index (Phi) is 6.61. The monoisotopic (exact) mass is 334 g/mol. The van der Waals surface area contributed by atoms with E-state index < -0.39 is 0 Å². The molecule has 132 valence electrons. The van der Waals surface area contributed by atoms with Crippen molar-refractivity contribution < 1.29 is 19.1 Å². The fraction of sp³-hybridized carbons (Fsp3) is 0.556. The molecule has 6 heteroatoms. The number of carbonyl (C=O) groups excluding carboxylic acids is 2. The Bertz CT molecular complexity index is 576. The van der Waals surface area contributed by atoms with Crippen LogP contribution in [-0.4, -0.2) is 57.7 Å². The van der Waals surface area contributed by atoms with Crippen molar-refractivity contribution in [3.63, 3.8) is 0 Å². The van der Waals surface area contributed by atoms with Crippen molar-refractivity contribution in [2.75, 3.05) is 41.0 Å². The molecule has 0 unspecified atom stereocenters. The molecule has 2 rings (SSSR count). The number of hydrogen-bond donors (Lipinski definition) is 1. The Hall–Kier alpha value is -2.08. The molecule has 1 aliphatic rings. The number of rotatable bonds is 7. The molecule has 1 fully saturated rings. The Morgan fingerprint density at radius 2 is 2.00 bits per heavy atom. The summed E-state index contributed by atoms with van der Waals surface area (Å²) in [5.41, 5.74) is 1.02. The van der Waals surface area contributed by atoms with Gasteiger partial charge in [-0.1, -0.05) is 18.2 Å². The lowest BCUT2D eigenvalue weighted by atomic mass is 9.96. The maximum Gasteiger partial charge on any atom is 0.225 e. The highest BCUT2D eigenvalue weighted by Crippen LogP contribution is 2.25. The van der Waals surface area contributed by atoms with Crippen molar-refractivity contribution in [2.24, 2.45) is 11.8 Å². The van der Waals surface area contributed by atoms with Crippen molar-refractivity contribution in [1.29, 1.82) is 0 Å². The quantitative estimate of drug-likeness (QED) is 0.811.